The fourth-order valence-electron chi connectivity index (χ4n) is 3.49. The Balaban J connectivity index is 1.52. The summed E-state index contributed by atoms with van der Waals surface area (Å²) in [5.41, 5.74) is 3.87. The highest BCUT2D eigenvalue weighted by atomic mass is 35.5. The third kappa shape index (κ3) is 6.29. The highest BCUT2D eigenvalue weighted by molar-refractivity contribution is 7.09. The number of unbranched alkanes of at least 4 members (excludes halogenated alkanes) is 1. The van der Waals surface area contributed by atoms with Crippen LogP contribution in [0.3, 0.4) is 0 Å². The van der Waals surface area contributed by atoms with Crippen molar-refractivity contribution in [1.29, 1.82) is 0 Å². The van der Waals surface area contributed by atoms with Crippen molar-refractivity contribution < 1.29 is 0 Å². The second-order valence-corrected chi connectivity index (χ2v) is 9.20. The SMILES string of the molecule is C=CN(CCCC)c1nc(Cl)[nH]c1C(=C)N(C)CCCC1=NC(Cc2nc(C)cs2)=NC1. The summed E-state index contributed by atoms with van der Waals surface area (Å²) < 4.78 is 0. The average Bonchev–Trinajstić information content (AvgIpc) is 3.49. The molecule has 1 N–H and O–H groups in total. The molecule has 0 amide bonds. The Morgan fingerprint density at radius 1 is 1.31 bits per heavy atom. The first-order chi connectivity index (χ1) is 15.4. The third-order valence-electron chi connectivity index (χ3n) is 5.32. The maximum atomic E-state index is 6.19. The second-order valence-electron chi connectivity index (χ2n) is 7.90. The molecular formula is C23H32ClN7S. The number of amidine groups is 1. The van der Waals surface area contributed by atoms with Gasteiger partial charge in [-0.2, -0.15) is 4.98 Å². The molecule has 0 radical (unpaired) electrons. The van der Waals surface area contributed by atoms with Crippen LogP contribution in [0.4, 0.5) is 5.82 Å². The van der Waals surface area contributed by atoms with Crippen LogP contribution in [-0.2, 0) is 6.42 Å². The number of hydrogen-bond donors (Lipinski definition) is 1. The average molecular weight is 474 g/mol. The zero-order valence-corrected chi connectivity index (χ0v) is 20.8. The number of H-pyrrole nitrogens is 1. The maximum Gasteiger partial charge on any atom is 0.202 e. The van der Waals surface area contributed by atoms with E-state index < -0.39 is 0 Å². The maximum absolute atomic E-state index is 6.19. The third-order valence-corrected chi connectivity index (χ3v) is 6.46. The van der Waals surface area contributed by atoms with Crippen molar-refractivity contribution in [2.75, 3.05) is 31.6 Å². The van der Waals surface area contributed by atoms with E-state index in [1.165, 1.54) is 0 Å². The summed E-state index contributed by atoms with van der Waals surface area (Å²) in [7, 11) is 2.04. The minimum atomic E-state index is 0.355. The van der Waals surface area contributed by atoms with E-state index >= 15 is 0 Å². The van der Waals surface area contributed by atoms with E-state index in [0.717, 1.165) is 84.7 Å². The first-order valence-electron chi connectivity index (χ1n) is 11.0. The summed E-state index contributed by atoms with van der Waals surface area (Å²) in [6.45, 7) is 14.8. The number of aryl methyl sites for hydroxylation is 1. The van der Waals surface area contributed by atoms with Crippen molar-refractivity contribution in [2.24, 2.45) is 9.98 Å². The molecule has 0 fully saturated rings. The molecular weight excluding hydrogens is 442 g/mol. The van der Waals surface area contributed by atoms with Crippen LogP contribution in [0.5, 0.6) is 0 Å². The number of rotatable bonds is 13. The van der Waals surface area contributed by atoms with Crippen LogP contribution in [0.25, 0.3) is 5.70 Å². The van der Waals surface area contributed by atoms with Crippen molar-refractivity contribution in [3.05, 3.63) is 46.4 Å². The number of halogens is 1. The lowest BCUT2D eigenvalue weighted by atomic mass is 10.2. The largest absolute Gasteiger partial charge is 0.373 e. The summed E-state index contributed by atoms with van der Waals surface area (Å²) >= 11 is 7.86. The number of aliphatic imine (C=N–C) groups is 2. The molecule has 32 heavy (non-hydrogen) atoms. The summed E-state index contributed by atoms with van der Waals surface area (Å²) in [4.78, 5) is 25.6. The van der Waals surface area contributed by atoms with Crippen molar-refractivity contribution in [3.63, 3.8) is 0 Å². The lowest BCUT2D eigenvalue weighted by molar-refractivity contribution is 0.470. The molecule has 0 aromatic carbocycles. The lowest BCUT2D eigenvalue weighted by Gasteiger charge is -2.24. The van der Waals surface area contributed by atoms with Gasteiger partial charge in [-0.25, -0.2) is 9.98 Å². The van der Waals surface area contributed by atoms with Crippen molar-refractivity contribution in [1.82, 2.24) is 19.9 Å². The lowest BCUT2D eigenvalue weighted by Crippen LogP contribution is -2.22. The number of aromatic amines is 1. The van der Waals surface area contributed by atoms with Crippen LogP contribution in [0.1, 0.15) is 49.0 Å². The minimum Gasteiger partial charge on any atom is -0.373 e. The van der Waals surface area contributed by atoms with Gasteiger partial charge in [-0.15, -0.1) is 11.3 Å². The smallest absolute Gasteiger partial charge is 0.202 e. The number of nitrogens with zero attached hydrogens (tertiary/aromatic N) is 6. The summed E-state index contributed by atoms with van der Waals surface area (Å²) in [5, 5.41) is 3.49. The first-order valence-corrected chi connectivity index (χ1v) is 12.2. The topological polar surface area (TPSA) is 72.8 Å². The Morgan fingerprint density at radius 2 is 2.12 bits per heavy atom. The molecule has 0 aliphatic carbocycles. The Morgan fingerprint density at radius 3 is 2.81 bits per heavy atom. The molecule has 0 saturated carbocycles. The predicted octanol–water partition coefficient (Wildman–Crippen LogP) is 5.36. The molecule has 0 unspecified atom stereocenters. The molecule has 0 spiro atoms. The van der Waals surface area contributed by atoms with Gasteiger partial charge in [-0.3, -0.25) is 4.99 Å². The molecule has 3 rings (SSSR count). The minimum absolute atomic E-state index is 0.355. The van der Waals surface area contributed by atoms with Crippen LogP contribution >= 0.6 is 22.9 Å². The van der Waals surface area contributed by atoms with Crippen LogP contribution in [0, 0.1) is 6.92 Å². The van der Waals surface area contributed by atoms with E-state index in [2.05, 4.69) is 50.3 Å². The number of nitrogens with one attached hydrogen (secondary N) is 1. The normalized spacial score (nSPS) is 13.1. The molecule has 0 saturated heterocycles. The summed E-state index contributed by atoms with van der Waals surface area (Å²) in [5.74, 6) is 1.66. The van der Waals surface area contributed by atoms with Gasteiger partial charge < -0.3 is 14.8 Å². The number of aromatic nitrogens is 3. The Bertz CT molecular complexity index is 1000. The van der Waals surface area contributed by atoms with Gasteiger partial charge in [-0.05, 0) is 44.0 Å². The highest BCUT2D eigenvalue weighted by Crippen LogP contribution is 2.28. The zero-order chi connectivity index (χ0) is 23.1. The number of thiazole rings is 1. The quantitative estimate of drug-likeness (QED) is 0.425. The number of anilines is 1. The van der Waals surface area contributed by atoms with Gasteiger partial charge in [0, 0.05) is 36.9 Å². The van der Waals surface area contributed by atoms with Crippen LogP contribution < -0.4 is 4.90 Å². The summed E-state index contributed by atoms with van der Waals surface area (Å²) in [6.07, 6.45) is 6.53. The van der Waals surface area contributed by atoms with Crippen molar-refractivity contribution >= 4 is 46.0 Å². The molecule has 7 nitrogen and oxygen atoms in total. The van der Waals surface area contributed by atoms with Gasteiger partial charge in [0.15, 0.2) is 5.82 Å². The molecule has 172 valence electrons. The van der Waals surface area contributed by atoms with Crippen molar-refractivity contribution in [2.45, 2.75) is 46.0 Å². The molecule has 1 aliphatic rings. The molecule has 3 heterocycles. The number of imidazole rings is 1. The van der Waals surface area contributed by atoms with E-state index in [4.69, 9.17) is 16.6 Å². The standard InChI is InChI=1S/C23H32ClN7S/c1-6-8-12-31(7-2)22-21(28-23(24)29-22)17(4)30(5)11-9-10-18-14-25-19(27-18)13-20-26-16(3)15-32-20/h7,15H,2,4,6,8-14H2,1,3,5H3,(H,28,29). The monoisotopic (exact) mass is 473 g/mol. The molecule has 0 bridgehead atoms. The molecule has 2 aromatic rings. The fraction of sp³-hybridized carbons (Fsp3) is 0.478. The van der Waals surface area contributed by atoms with Crippen LogP contribution in [-0.4, -0.2) is 58.1 Å². The molecule has 2 aromatic heterocycles. The fourth-order valence-corrected chi connectivity index (χ4v) is 4.43. The molecule has 9 heteroatoms. The van der Waals surface area contributed by atoms with Gasteiger partial charge in [0.2, 0.25) is 5.28 Å². The Kier molecular flexibility index (Phi) is 8.64. The zero-order valence-electron chi connectivity index (χ0n) is 19.2. The van der Waals surface area contributed by atoms with E-state index in [1.807, 2.05) is 18.9 Å². The van der Waals surface area contributed by atoms with E-state index in [-0.39, 0.29) is 0 Å². The molecule has 0 atom stereocenters. The van der Waals surface area contributed by atoms with Gasteiger partial charge in [0.05, 0.1) is 18.7 Å². The molecule has 1 aliphatic heterocycles. The van der Waals surface area contributed by atoms with Crippen molar-refractivity contribution in [3.8, 4) is 0 Å². The highest BCUT2D eigenvalue weighted by Gasteiger charge is 2.19. The van der Waals surface area contributed by atoms with Gasteiger partial charge >= 0.3 is 0 Å². The Labute approximate surface area is 199 Å². The van der Waals surface area contributed by atoms with E-state index in [9.17, 15) is 0 Å². The first kappa shape index (κ1) is 24.2. The second kappa shape index (κ2) is 11.4. The van der Waals surface area contributed by atoms with Gasteiger partial charge in [0.1, 0.15) is 16.5 Å². The van der Waals surface area contributed by atoms with Crippen LogP contribution in [0.2, 0.25) is 5.28 Å². The van der Waals surface area contributed by atoms with Gasteiger partial charge in [0.25, 0.3) is 0 Å². The van der Waals surface area contributed by atoms with Gasteiger partial charge in [-0.1, -0.05) is 26.5 Å². The van der Waals surface area contributed by atoms with E-state index in [1.54, 1.807) is 17.5 Å². The Hall–Kier alpha value is -2.45. The number of hydrogen-bond acceptors (Lipinski definition) is 7. The van der Waals surface area contributed by atoms with Crippen LogP contribution in [0.15, 0.2) is 34.7 Å². The van der Waals surface area contributed by atoms with E-state index in [0.29, 0.717) is 11.8 Å². The predicted molar refractivity (Wildman–Crippen MR) is 137 cm³/mol. The summed E-state index contributed by atoms with van der Waals surface area (Å²) in [6, 6.07) is 0.